The summed E-state index contributed by atoms with van der Waals surface area (Å²) >= 11 is 2.92. The van der Waals surface area contributed by atoms with Crippen LogP contribution >= 0.6 is 23.1 Å². The minimum Gasteiger partial charge on any atom is -0.200 e. The van der Waals surface area contributed by atoms with E-state index in [1.165, 1.54) is 23.1 Å². The van der Waals surface area contributed by atoms with Gasteiger partial charge in [-0.05, 0) is 29.1 Å². The molecule has 0 saturated heterocycles. The number of aromatic nitrogens is 2. The highest BCUT2D eigenvalue weighted by atomic mass is 32.1. The Morgan fingerprint density at radius 2 is 2.30 bits per heavy atom. The summed E-state index contributed by atoms with van der Waals surface area (Å²) < 4.78 is 8.15. The van der Waals surface area contributed by atoms with Crippen LogP contribution in [0.1, 0.15) is 0 Å². The van der Waals surface area contributed by atoms with E-state index in [0.29, 0.717) is 0 Å². The molecule has 4 heteroatoms. The Bertz CT molecular complexity index is 253. The molecule has 0 N–H and O–H groups in total. The first kappa shape index (κ1) is 6.00. The molecule has 2 heterocycles. The minimum absolute atomic E-state index is 1.03. The van der Waals surface area contributed by atoms with Gasteiger partial charge in [0.2, 0.25) is 0 Å². The Morgan fingerprint density at radius 3 is 2.90 bits per heavy atom. The van der Waals surface area contributed by atoms with Crippen molar-refractivity contribution in [3.63, 3.8) is 0 Å². The molecule has 0 saturated carbocycles. The van der Waals surface area contributed by atoms with E-state index in [0.717, 1.165) is 11.3 Å². The van der Waals surface area contributed by atoms with Crippen LogP contribution in [-0.2, 0) is 0 Å². The van der Waals surface area contributed by atoms with Crippen LogP contribution in [0.25, 0.3) is 11.3 Å². The predicted molar refractivity (Wildman–Crippen MR) is 43.2 cm³/mol. The summed E-state index contributed by atoms with van der Waals surface area (Å²) in [4.78, 5) is 0. The maximum absolute atomic E-state index is 4.17. The summed E-state index contributed by atoms with van der Waals surface area (Å²) in [6.45, 7) is 0. The highest BCUT2D eigenvalue weighted by molar-refractivity contribution is 7.04. The molecule has 10 heavy (non-hydrogen) atoms. The first-order chi connectivity index (χ1) is 4.97. The third kappa shape index (κ3) is 0.955. The molecular formula is C6H4N2S2. The van der Waals surface area contributed by atoms with Crippen molar-refractivity contribution in [2.75, 3.05) is 0 Å². The van der Waals surface area contributed by atoms with E-state index in [9.17, 15) is 0 Å². The van der Waals surface area contributed by atoms with Gasteiger partial charge in [-0.1, -0.05) is 0 Å². The largest absolute Gasteiger partial charge is 0.200 e. The standard InChI is InChI=1S/C6H4N2S2/c1-2-9-8-6(1)5-3-7-10-4-5/h1-4H. The van der Waals surface area contributed by atoms with E-state index in [2.05, 4.69) is 8.75 Å². The van der Waals surface area contributed by atoms with Crippen molar-refractivity contribution >= 4 is 23.1 Å². The molecule has 2 rings (SSSR count). The van der Waals surface area contributed by atoms with Crippen LogP contribution in [0, 0.1) is 0 Å². The molecule has 0 aliphatic carbocycles. The lowest BCUT2D eigenvalue weighted by molar-refractivity contribution is 1.51. The fourth-order valence-corrected chi connectivity index (χ4v) is 1.75. The number of hydrogen-bond donors (Lipinski definition) is 0. The quantitative estimate of drug-likeness (QED) is 0.652. The van der Waals surface area contributed by atoms with Crippen LogP contribution in [0.3, 0.4) is 0 Å². The smallest absolute Gasteiger partial charge is 0.0865 e. The summed E-state index contributed by atoms with van der Waals surface area (Å²) in [6, 6.07) is 1.99. The Morgan fingerprint density at radius 1 is 1.30 bits per heavy atom. The van der Waals surface area contributed by atoms with Gasteiger partial charge in [-0.2, -0.15) is 4.37 Å². The van der Waals surface area contributed by atoms with Gasteiger partial charge in [-0.3, -0.25) is 0 Å². The molecule has 50 valence electrons. The molecule has 0 radical (unpaired) electrons. The lowest BCUT2D eigenvalue weighted by atomic mass is 10.3. The minimum atomic E-state index is 1.03. The van der Waals surface area contributed by atoms with E-state index >= 15 is 0 Å². The Balaban J connectivity index is 2.48. The van der Waals surface area contributed by atoms with Crippen molar-refractivity contribution < 1.29 is 0 Å². The molecule has 0 fully saturated rings. The second-order valence-electron chi connectivity index (χ2n) is 1.80. The highest BCUT2D eigenvalue weighted by Crippen LogP contribution is 2.18. The van der Waals surface area contributed by atoms with Gasteiger partial charge >= 0.3 is 0 Å². The van der Waals surface area contributed by atoms with E-state index < -0.39 is 0 Å². The van der Waals surface area contributed by atoms with Crippen LogP contribution in [0.15, 0.2) is 23.0 Å². The number of hydrogen-bond acceptors (Lipinski definition) is 4. The lowest BCUT2D eigenvalue weighted by Gasteiger charge is -1.82. The SMILES string of the molecule is c1cc(-c2cnsc2)ns1. The van der Waals surface area contributed by atoms with Crippen molar-refractivity contribution in [2.24, 2.45) is 0 Å². The molecule has 0 amide bonds. The second-order valence-corrected chi connectivity index (χ2v) is 3.12. The summed E-state index contributed by atoms with van der Waals surface area (Å²) in [7, 11) is 0. The van der Waals surface area contributed by atoms with Gasteiger partial charge in [0.05, 0.1) is 11.9 Å². The first-order valence-electron chi connectivity index (χ1n) is 2.77. The zero-order valence-electron chi connectivity index (χ0n) is 5.02. The number of rotatable bonds is 1. The van der Waals surface area contributed by atoms with E-state index in [1.54, 1.807) is 0 Å². The molecule has 0 aromatic carbocycles. The lowest BCUT2D eigenvalue weighted by Crippen LogP contribution is -1.67. The van der Waals surface area contributed by atoms with Gasteiger partial charge in [0.1, 0.15) is 0 Å². The van der Waals surface area contributed by atoms with Gasteiger partial charge in [0, 0.05) is 16.3 Å². The van der Waals surface area contributed by atoms with Crippen LogP contribution in [0.5, 0.6) is 0 Å². The van der Waals surface area contributed by atoms with Gasteiger partial charge in [-0.25, -0.2) is 4.37 Å². The molecule has 2 aromatic heterocycles. The van der Waals surface area contributed by atoms with Crippen LogP contribution in [0.4, 0.5) is 0 Å². The Labute approximate surface area is 66.5 Å². The third-order valence-electron chi connectivity index (χ3n) is 1.17. The monoisotopic (exact) mass is 168 g/mol. The average Bonchev–Trinajstić information content (AvgIpc) is 2.59. The summed E-state index contributed by atoms with van der Waals surface area (Å²) in [6.07, 6.45) is 1.83. The fraction of sp³-hybridized carbons (Fsp3) is 0. The predicted octanol–water partition coefficient (Wildman–Crippen LogP) is 2.27. The van der Waals surface area contributed by atoms with Crippen molar-refractivity contribution in [1.82, 2.24) is 8.75 Å². The molecular weight excluding hydrogens is 164 g/mol. The van der Waals surface area contributed by atoms with Crippen LogP contribution in [0.2, 0.25) is 0 Å². The van der Waals surface area contributed by atoms with E-state index in [4.69, 9.17) is 0 Å². The molecule has 0 unspecified atom stereocenters. The zero-order valence-corrected chi connectivity index (χ0v) is 6.65. The first-order valence-corrected chi connectivity index (χ1v) is 4.44. The molecule has 2 aromatic rings. The number of nitrogens with zero attached hydrogens (tertiary/aromatic N) is 2. The molecule has 0 spiro atoms. The normalized spacial score (nSPS) is 10.0. The topological polar surface area (TPSA) is 25.8 Å². The maximum atomic E-state index is 4.17. The van der Waals surface area contributed by atoms with Gasteiger partial charge < -0.3 is 0 Å². The van der Waals surface area contributed by atoms with Gasteiger partial charge in [0.15, 0.2) is 0 Å². The molecule has 0 bridgehead atoms. The Kier molecular flexibility index (Phi) is 1.49. The summed E-state index contributed by atoms with van der Waals surface area (Å²) in [5.41, 5.74) is 2.14. The molecule has 0 atom stereocenters. The highest BCUT2D eigenvalue weighted by Gasteiger charge is 1.98. The Hall–Kier alpha value is -0.740. The third-order valence-corrected chi connectivity index (χ3v) is 2.31. The van der Waals surface area contributed by atoms with Crippen molar-refractivity contribution in [3.8, 4) is 11.3 Å². The van der Waals surface area contributed by atoms with Crippen molar-refractivity contribution in [2.45, 2.75) is 0 Å². The van der Waals surface area contributed by atoms with Crippen molar-refractivity contribution in [3.05, 3.63) is 23.0 Å². The van der Waals surface area contributed by atoms with Crippen LogP contribution in [-0.4, -0.2) is 8.75 Å². The van der Waals surface area contributed by atoms with E-state index in [1.807, 2.05) is 23.0 Å². The summed E-state index contributed by atoms with van der Waals surface area (Å²) in [5.74, 6) is 0. The average molecular weight is 168 g/mol. The summed E-state index contributed by atoms with van der Waals surface area (Å²) in [5, 5.41) is 3.96. The fourth-order valence-electron chi connectivity index (χ4n) is 0.693. The second kappa shape index (κ2) is 2.48. The van der Waals surface area contributed by atoms with Crippen LogP contribution < -0.4 is 0 Å². The molecule has 0 aliphatic heterocycles. The van der Waals surface area contributed by atoms with Gasteiger partial charge in [0.25, 0.3) is 0 Å². The van der Waals surface area contributed by atoms with Gasteiger partial charge in [-0.15, -0.1) is 0 Å². The van der Waals surface area contributed by atoms with E-state index in [-0.39, 0.29) is 0 Å². The molecule has 0 aliphatic rings. The molecule has 2 nitrogen and oxygen atoms in total. The maximum Gasteiger partial charge on any atom is 0.0865 e. The zero-order chi connectivity index (χ0) is 6.81. The van der Waals surface area contributed by atoms with Crippen molar-refractivity contribution in [1.29, 1.82) is 0 Å².